The zero-order valence-corrected chi connectivity index (χ0v) is 46.4. The highest BCUT2D eigenvalue weighted by molar-refractivity contribution is 8.01. The molecule has 4 aromatic rings. The van der Waals surface area contributed by atoms with Crippen LogP contribution >= 0.6 is 11.8 Å². The van der Waals surface area contributed by atoms with Crippen molar-refractivity contribution in [2.45, 2.75) is 74.6 Å². The van der Waals surface area contributed by atoms with Crippen LogP contribution in [0.4, 0.5) is 38.0 Å². The van der Waals surface area contributed by atoms with Crippen LogP contribution in [-0.2, 0) is 38.1 Å². The third-order valence-corrected chi connectivity index (χ3v) is 15.2. The van der Waals surface area contributed by atoms with Gasteiger partial charge in [0.15, 0.2) is 11.6 Å². The van der Waals surface area contributed by atoms with Gasteiger partial charge in [-0.1, -0.05) is 12.6 Å². The molecule has 2 aromatic heterocycles. The first kappa shape index (κ1) is 61.2. The van der Waals surface area contributed by atoms with Crippen LogP contribution in [0.3, 0.4) is 0 Å². The lowest BCUT2D eigenvalue weighted by molar-refractivity contribution is -0.123. The number of anilines is 5. The molecule has 4 heterocycles. The van der Waals surface area contributed by atoms with Gasteiger partial charge in [0.25, 0.3) is 5.91 Å². The fraction of sp³-hybridized carbons (Fsp3) is 0.482. The number of amides is 7. The van der Waals surface area contributed by atoms with Crippen molar-refractivity contribution in [3.8, 4) is 11.5 Å². The van der Waals surface area contributed by atoms with Gasteiger partial charge in [-0.05, 0) is 99.0 Å². The molecule has 3 aliphatic rings. The minimum Gasteiger partial charge on any atom is -0.457 e. The number of benzene rings is 2. The van der Waals surface area contributed by atoms with E-state index in [9.17, 15) is 33.2 Å². The summed E-state index contributed by atoms with van der Waals surface area (Å²) >= 11 is 1.97. The van der Waals surface area contributed by atoms with Crippen molar-refractivity contribution in [2.75, 3.05) is 108 Å². The Bertz CT molecular complexity index is 2750. The van der Waals surface area contributed by atoms with Gasteiger partial charge in [-0.15, -0.1) is 0 Å². The molecule has 23 nitrogen and oxygen atoms in total. The fourth-order valence-electron chi connectivity index (χ4n) is 9.08. The number of fused-ring (bicyclic) bond motifs is 2. The predicted octanol–water partition coefficient (Wildman–Crippen LogP) is 5.58. The second-order valence-electron chi connectivity index (χ2n) is 19.5. The zero-order chi connectivity index (χ0) is 57.2. The minimum atomic E-state index is -0.679. The molecule has 25 heteroatoms. The number of pyridine rings is 1. The number of urea groups is 1. The molecule has 0 bridgehead atoms. The van der Waals surface area contributed by atoms with E-state index >= 15 is 0 Å². The molecule has 1 spiro atoms. The van der Waals surface area contributed by atoms with E-state index in [0.29, 0.717) is 106 Å². The number of halogens is 1. The highest BCUT2D eigenvalue weighted by Crippen LogP contribution is 2.63. The molecule has 2 saturated heterocycles. The van der Waals surface area contributed by atoms with Crippen molar-refractivity contribution in [1.29, 1.82) is 0 Å². The second-order valence-corrected chi connectivity index (χ2v) is 20.8. The molecule has 2 aromatic carbocycles. The number of hydrogen-bond donors (Lipinski definition) is 8. The van der Waals surface area contributed by atoms with Crippen LogP contribution in [0.1, 0.15) is 68.3 Å². The third kappa shape index (κ3) is 20.2. The maximum atomic E-state index is 14.6. The Balaban J connectivity index is 0.629. The van der Waals surface area contributed by atoms with Crippen LogP contribution in [0.2, 0.25) is 0 Å². The second kappa shape index (κ2) is 32.1. The van der Waals surface area contributed by atoms with Crippen LogP contribution in [0, 0.1) is 11.7 Å². The summed E-state index contributed by atoms with van der Waals surface area (Å²) in [7, 11) is 1.63. The van der Waals surface area contributed by atoms with Gasteiger partial charge in [-0.2, -0.15) is 16.7 Å². The van der Waals surface area contributed by atoms with E-state index in [4.69, 9.17) is 23.7 Å². The summed E-state index contributed by atoms with van der Waals surface area (Å²) in [5, 5.41) is 23.3. The van der Waals surface area contributed by atoms with Gasteiger partial charge in [0.2, 0.25) is 29.6 Å². The van der Waals surface area contributed by atoms with E-state index in [1.54, 1.807) is 61.6 Å². The van der Waals surface area contributed by atoms with Gasteiger partial charge in [0.05, 0.1) is 57.9 Å². The Kier molecular flexibility index (Phi) is 24.3. The maximum absolute atomic E-state index is 14.6. The lowest BCUT2D eigenvalue weighted by Crippen LogP contribution is -2.39. The molecule has 0 radical (unpaired) electrons. The molecule has 436 valence electrons. The summed E-state index contributed by atoms with van der Waals surface area (Å²) in [5.41, 5.74) is 1.75. The van der Waals surface area contributed by atoms with Crippen molar-refractivity contribution in [2.24, 2.45) is 5.92 Å². The number of aromatic nitrogens is 3. The van der Waals surface area contributed by atoms with E-state index in [0.717, 1.165) is 43.7 Å². The first-order valence-electron chi connectivity index (χ1n) is 27.3. The van der Waals surface area contributed by atoms with Gasteiger partial charge in [-0.3, -0.25) is 29.0 Å². The van der Waals surface area contributed by atoms with E-state index in [1.807, 2.05) is 11.8 Å². The van der Waals surface area contributed by atoms with E-state index in [1.165, 1.54) is 17.2 Å². The average molecular weight is 1140 g/mol. The van der Waals surface area contributed by atoms with Crippen LogP contribution in [0.25, 0.3) is 0 Å². The summed E-state index contributed by atoms with van der Waals surface area (Å²) < 4.78 is 43.2. The largest absolute Gasteiger partial charge is 0.457 e. The first-order valence-corrected chi connectivity index (χ1v) is 28.3. The number of carbonyl (C=O) groups excluding carboxylic acids is 6. The van der Waals surface area contributed by atoms with E-state index in [-0.39, 0.29) is 109 Å². The number of carbonyl (C=O) groups is 6. The summed E-state index contributed by atoms with van der Waals surface area (Å²) in [6.07, 6.45) is 9.36. The number of rotatable bonds is 37. The van der Waals surface area contributed by atoms with Gasteiger partial charge in [0.1, 0.15) is 17.2 Å². The number of ether oxygens (including phenoxy) is 5. The predicted molar refractivity (Wildman–Crippen MR) is 303 cm³/mol. The quantitative estimate of drug-likeness (QED) is 0.0155. The highest BCUT2D eigenvalue weighted by Gasteiger charge is 2.66. The van der Waals surface area contributed by atoms with Gasteiger partial charge in [0, 0.05) is 106 Å². The molecule has 7 amide bonds. The fourth-order valence-corrected chi connectivity index (χ4v) is 10.9. The summed E-state index contributed by atoms with van der Waals surface area (Å²) in [6, 6.07) is 17.1. The Morgan fingerprint density at radius 1 is 0.753 bits per heavy atom. The highest BCUT2D eigenvalue weighted by atomic mass is 32.2. The number of hydrogen-bond acceptors (Lipinski definition) is 17. The smallest absolute Gasteiger partial charge is 0.315 e. The molecule has 7 rings (SSSR count). The number of likely N-dealkylation sites (N-methyl/N-ethyl adjacent to an activating group) is 1. The monoisotopic (exact) mass is 1140 g/mol. The Morgan fingerprint density at radius 3 is 2.14 bits per heavy atom. The molecular weight excluding hydrogens is 1070 g/mol. The topological polar surface area (TPSA) is 287 Å². The first-order chi connectivity index (χ1) is 39.4. The van der Waals surface area contributed by atoms with Gasteiger partial charge < -0.3 is 71.1 Å². The van der Waals surface area contributed by atoms with E-state index in [2.05, 4.69) is 64.1 Å². The molecule has 1 saturated carbocycles. The van der Waals surface area contributed by atoms with Crippen LogP contribution < -0.4 is 47.3 Å². The van der Waals surface area contributed by atoms with Gasteiger partial charge in [-0.25, -0.2) is 14.2 Å². The van der Waals surface area contributed by atoms with Crippen LogP contribution in [0.15, 0.2) is 85.7 Å². The molecule has 4 unspecified atom stereocenters. The van der Waals surface area contributed by atoms with E-state index < -0.39 is 5.82 Å². The summed E-state index contributed by atoms with van der Waals surface area (Å²) in [5.74, 6) is 0.798. The Hall–Kier alpha value is -7.45. The molecule has 8 N–H and O–H groups in total. The van der Waals surface area contributed by atoms with Crippen molar-refractivity contribution in [3.05, 3.63) is 97.2 Å². The van der Waals surface area contributed by atoms with Crippen LogP contribution in [0.5, 0.6) is 11.5 Å². The van der Waals surface area contributed by atoms with Crippen molar-refractivity contribution >= 4 is 76.2 Å². The lowest BCUT2D eigenvalue weighted by Gasteiger charge is -2.17. The SMILES string of the molecule is C=CC(=O)Nc1cccc(Nc2nc(Nc3ccc(Oc4ccnc(C(=O)N(C)CCOCCNC(=O)CCCC(=O)NCCCOCCOCCOCCCNC(=O)CCCC5CC56SCC5NC(=O)NC56)c4)cc3)ncc2F)c1. The number of thioether (sulfide) groups is 1. The lowest BCUT2D eigenvalue weighted by atomic mass is 10.0. The average Bonchev–Trinajstić information content (AvgIpc) is 2.65. The van der Waals surface area contributed by atoms with Crippen molar-refractivity contribution in [3.63, 3.8) is 0 Å². The standard InChI is InChI=1S/C56H73FN12O11S/c1-3-47(70)63-40-10-5-11-41(33-40)64-52-44(57)36-62-54(68-52)65-39-15-17-42(18-16-39)80-43-19-22-58-45(34-43)53(74)69(2)24-28-78-27-23-61-50(73)14-6-13-49(72)60-21-8-26-77-30-32-79-31-29-76-25-7-20-59-48(71)12-4-9-38-35-56(38)51-46(37-81-56)66-55(75)67-51/h3,5,10-11,15-19,22,33-34,36,38,46,51H,1,4,6-9,12-14,20-21,23-32,35,37H2,2H3,(H,59,71)(H,60,72)(H,61,73)(H,63,70)(H2,66,67,75)(H2,62,64,65,68). The summed E-state index contributed by atoms with van der Waals surface area (Å²) in [4.78, 5) is 87.3. The number of nitrogens with zero attached hydrogens (tertiary/aromatic N) is 4. The molecule has 1 aliphatic carbocycles. The maximum Gasteiger partial charge on any atom is 0.315 e. The Labute approximate surface area is 474 Å². The molecule has 3 fully saturated rings. The van der Waals surface area contributed by atoms with Crippen LogP contribution in [-0.4, -0.2) is 164 Å². The van der Waals surface area contributed by atoms with Gasteiger partial charge >= 0.3 is 6.03 Å². The molecule has 81 heavy (non-hydrogen) atoms. The van der Waals surface area contributed by atoms with Crippen molar-refractivity contribution < 1.29 is 56.8 Å². The zero-order valence-electron chi connectivity index (χ0n) is 45.6. The normalized spacial score (nSPS) is 17.5. The molecular formula is C56H73FN12O11S. The third-order valence-electron chi connectivity index (χ3n) is 13.3. The minimum absolute atomic E-state index is 0.0554. The molecule has 2 aliphatic heterocycles. The summed E-state index contributed by atoms with van der Waals surface area (Å²) in [6.45, 7) is 8.27. The molecule has 4 atom stereocenters. The Morgan fingerprint density at radius 2 is 1.42 bits per heavy atom. The van der Waals surface area contributed by atoms with Crippen molar-refractivity contribution in [1.82, 2.24) is 46.4 Å². The number of nitrogens with one attached hydrogen (secondary N) is 8.